The van der Waals surface area contributed by atoms with E-state index in [2.05, 4.69) is 21.2 Å². The molecule has 0 aromatic heterocycles. The van der Waals surface area contributed by atoms with Crippen molar-refractivity contribution in [1.29, 1.82) is 0 Å². The van der Waals surface area contributed by atoms with Gasteiger partial charge >= 0.3 is 5.97 Å². The first-order chi connectivity index (χ1) is 10.4. The van der Waals surface area contributed by atoms with Crippen molar-refractivity contribution in [3.8, 4) is 0 Å². The SMILES string of the molecule is O=C(O)CN1C(=O)/C(=C2\C(=O)Nc3ccc(Br)cc32)SC1=S. The molecule has 1 fully saturated rings. The summed E-state index contributed by atoms with van der Waals surface area (Å²) in [5.74, 6) is -2.12. The fourth-order valence-corrected chi connectivity index (χ4v) is 3.88. The lowest BCUT2D eigenvalue weighted by Gasteiger charge is -2.10. The zero-order valence-corrected chi connectivity index (χ0v) is 14.0. The van der Waals surface area contributed by atoms with E-state index in [-0.39, 0.29) is 14.8 Å². The molecule has 0 spiro atoms. The van der Waals surface area contributed by atoms with E-state index < -0.39 is 24.3 Å². The number of carbonyl (C=O) groups excluding carboxylic acids is 2. The molecule has 2 amide bonds. The molecule has 2 N–H and O–H groups in total. The minimum Gasteiger partial charge on any atom is -0.480 e. The highest BCUT2D eigenvalue weighted by molar-refractivity contribution is 9.10. The van der Waals surface area contributed by atoms with Crippen LogP contribution < -0.4 is 5.32 Å². The highest BCUT2D eigenvalue weighted by Crippen LogP contribution is 2.42. The minimum absolute atomic E-state index is 0.131. The number of nitrogens with zero attached hydrogens (tertiary/aromatic N) is 1. The van der Waals surface area contributed by atoms with E-state index in [9.17, 15) is 14.4 Å². The molecular formula is C13H7BrN2O4S2. The summed E-state index contributed by atoms with van der Waals surface area (Å²) in [5, 5.41) is 11.5. The fraction of sp³-hybridized carbons (Fsp3) is 0.0769. The number of carboxylic acid groups (broad SMARTS) is 1. The second-order valence-corrected chi connectivity index (χ2v) is 7.06. The molecule has 3 rings (SSSR count). The van der Waals surface area contributed by atoms with Crippen molar-refractivity contribution in [2.45, 2.75) is 0 Å². The molecule has 0 radical (unpaired) electrons. The van der Waals surface area contributed by atoms with Crippen LogP contribution in [0.15, 0.2) is 27.6 Å². The van der Waals surface area contributed by atoms with Crippen LogP contribution in [0.2, 0.25) is 0 Å². The van der Waals surface area contributed by atoms with Gasteiger partial charge in [-0.15, -0.1) is 0 Å². The number of fused-ring (bicyclic) bond motifs is 1. The van der Waals surface area contributed by atoms with Crippen molar-refractivity contribution in [1.82, 2.24) is 4.90 Å². The van der Waals surface area contributed by atoms with Crippen LogP contribution in [0, 0.1) is 0 Å². The van der Waals surface area contributed by atoms with Crippen molar-refractivity contribution in [3.05, 3.63) is 33.1 Å². The second-order valence-electron chi connectivity index (χ2n) is 4.50. The smallest absolute Gasteiger partial charge is 0.323 e. The number of amides is 2. The summed E-state index contributed by atoms with van der Waals surface area (Å²) in [6.45, 7) is -0.519. The number of thiocarbonyl (C=S) groups is 1. The van der Waals surface area contributed by atoms with E-state index in [0.29, 0.717) is 11.3 Å². The van der Waals surface area contributed by atoms with Crippen LogP contribution in [0.1, 0.15) is 5.56 Å². The van der Waals surface area contributed by atoms with Crippen LogP contribution in [0.3, 0.4) is 0 Å². The van der Waals surface area contributed by atoms with E-state index in [4.69, 9.17) is 17.3 Å². The Kier molecular flexibility index (Phi) is 3.79. The van der Waals surface area contributed by atoms with Gasteiger partial charge < -0.3 is 10.4 Å². The van der Waals surface area contributed by atoms with Gasteiger partial charge in [0.15, 0.2) is 0 Å². The van der Waals surface area contributed by atoms with Crippen LogP contribution >= 0.6 is 39.9 Å². The second kappa shape index (κ2) is 5.49. The van der Waals surface area contributed by atoms with Gasteiger partial charge in [-0.1, -0.05) is 39.9 Å². The Morgan fingerprint density at radius 3 is 2.82 bits per heavy atom. The Bertz CT molecular complexity index is 790. The molecule has 2 aliphatic heterocycles. The molecule has 112 valence electrons. The number of carbonyl (C=O) groups is 3. The molecule has 9 heteroatoms. The molecule has 0 aliphatic carbocycles. The molecule has 0 bridgehead atoms. The summed E-state index contributed by atoms with van der Waals surface area (Å²) in [5.41, 5.74) is 1.42. The van der Waals surface area contributed by atoms with Crippen molar-refractivity contribution in [2.75, 3.05) is 11.9 Å². The summed E-state index contributed by atoms with van der Waals surface area (Å²) in [6, 6.07) is 5.23. The lowest BCUT2D eigenvalue weighted by molar-refractivity contribution is -0.140. The first-order valence-electron chi connectivity index (χ1n) is 5.99. The van der Waals surface area contributed by atoms with Gasteiger partial charge in [-0.25, -0.2) is 0 Å². The van der Waals surface area contributed by atoms with Gasteiger partial charge in [0.2, 0.25) is 0 Å². The lowest BCUT2D eigenvalue weighted by Crippen LogP contribution is -2.33. The monoisotopic (exact) mass is 398 g/mol. The van der Waals surface area contributed by atoms with Gasteiger partial charge in [0.1, 0.15) is 10.9 Å². The molecule has 0 saturated carbocycles. The fourth-order valence-electron chi connectivity index (χ4n) is 2.19. The minimum atomic E-state index is -1.17. The summed E-state index contributed by atoms with van der Waals surface area (Å²) in [6.07, 6.45) is 0. The topological polar surface area (TPSA) is 86.7 Å². The van der Waals surface area contributed by atoms with E-state index in [1.165, 1.54) is 0 Å². The standard InChI is InChI=1S/C13H7BrN2O4S2/c14-5-1-2-7-6(3-5)9(11(19)15-7)10-12(20)16(4-8(17)18)13(21)22-10/h1-3H,4H2,(H,15,19)(H,17,18)/b10-9+. The van der Waals surface area contributed by atoms with Crippen LogP contribution in [0.5, 0.6) is 0 Å². The third kappa shape index (κ3) is 2.44. The number of aliphatic carboxylic acids is 1. The third-order valence-electron chi connectivity index (χ3n) is 3.10. The summed E-state index contributed by atoms with van der Waals surface area (Å²) >= 11 is 9.31. The average Bonchev–Trinajstić information content (AvgIpc) is 2.88. The first-order valence-corrected chi connectivity index (χ1v) is 8.01. The lowest BCUT2D eigenvalue weighted by atomic mass is 10.1. The average molecular weight is 399 g/mol. The molecular weight excluding hydrogens is 392 g/mol. The van der Waals surface area contributed by atoms with Gasteiger partial charge in [-0.3, -0.25) is 19.3 Å². The maximum Gasteiger partial charge on any atom is 0.323 e. The van der Waals surface area contributed by atoms with Gasteiger partial charge in [-0.2, -0.15) is 0 Å². The van der Waals surface area contributed by atoms with E-state index >= 15 is 0 Å². The quantitative estimate of drug-likeness (QED) is 0.585. The molecule has 1 saturated heterocycles. The number of hydrogen-bond acceptors (Lipinski definition) is 5. The zero-order chi connectivity index (χ0) is 16.0. The predicted molar refractivity (Wildman–Crippen MR) is 89.2 cm³/mol. The maximum absolute atomic E-state index is 12.4. The molecule has 2 aliphatic rings. The number of halogens is 1. The Hall–Kier alpha value is -1.71. The van der Waals surface area contributed by atoms with Crippen molar-refractivity contribution in [2.24, 2.45) is 0 Å². The first kappa shape index (κ1) is 15.2. The highest BCUT2D eigenvalue weighted by atomic mass is 79.9. The predicted octanol–water partition coefficient (Wildman–Crippen LogP) is 2.06. The molecule has 2 heterocycles. The van der Waals surface area contributed by atoms with E-state index in [1.54, 1.807) is 18.2 Å². The number of benzene rings is 1. The van der Waals surface area contributed by atoms with E-state index in [1.807, 2.05) is 0 Å². The third-order valence-corrected chi connectivity index (χ3v) is 5.04. The summed E-state index contributed by atoms with van der Waals surface area (Å²) < 4.78 is 0.896. The highest BCUT2D eigenvalue weighted by Gasteiger charge is 2.39. The largest absolute Gasteiger partial charge is 0.480 e. The number of anilines is 1. The Balaban J connectivity index is 2.10. The zero-order valence-electron chi connectivity index (χ0n) is 10.8. The van der Waals surface area contributed by atoms with E-state index in [0.717, 1.165) is 21.1 Å². The molecule has 6 nitrogen and oxygen atoms in total. The number of nitrogens with one attached hydrogen (secondary N) is 1. The van der Waals surface area contributed by atoms with Gasteiger partial charge in [-0.05, 0) is 18.2 Å². The van der Waals surface area contributed by atoms with Crippen LogP contribution in [-0.4, -0.2) is 38.7 Å². The van der Waals surface area contributed by atoms with Gasteiger partial charge in [0.05, 0.1) is 10.5 Å². The van der Waals surface area contributed by atoms with Crippen molar-refractivity contribution >= 4 is 73.3 Å². The molecule has 1 aromatic carbocycles. The number of thioether (sulfide) groups is 1. The molecule has 1 aromatic rings. The van der Waals surface area contributed by atoms with Crippen molar-refractivity contribution < 1.29 is 19.5 Å². The normalized spacial score (nSPS) is 20.4. The summed E-state index contributed by atoms with van der Waals surface area (Å²) in [7, 11) is 0. The van der Waals surface area contributed by atoms with Crippen molar-refractivity contribution in [3.63, 3.8) is 0 Å². The molecule has 22 heavy (non-hydrogen) atoms. The number of carboxylic acids is 1. The number of hydrogen-bond donors (Lipinski definition) is 2. The van der Waals surface area contributed by atoms with Gasteiger partial charge in [0, 0.05) is 15.7 Å². The summed E-state index contributed by atoms with van der Waals surface area (Å²) in [4.78, 5) is 36.5. The number of rotatable bonds is 2. The molecule has 0 unspecified atom stereocenters. The van der Waals surface area contributed by atoms with Crippen LogP contribution in [0.25, 0.3) is 5.57 Å². The Morgan fingerprint density at radius 1 is 1.41 bits per heavy atom. The Labute approximate surface area is 142 Å². The van der Waals surface area contributed by atoms with Crippen LogP contribution in [-0.2, 0) is 14.4 Å². The molecule has 0 atom stereocenters. The van der Waals surface area contributed by atoms with Gasteiger partial charge in [0.25, 0.3) is 11.8 Å². The maximum atomic E-state index is 12.4. The Morgan fingerprint density at radius 2 is 2.14 bits per heavy atom. The van der Waals surface area contributed by atoms with Crippen LogP contribution in [0.4, 0.5) is 5.69 Å².